The minimum Gasteiger partial charge on any atom is -0.383 e. The third-order valence-corrected chi connectivity index (χ3v) is 8.82. The predicted molar refractivity (Wildman–Crippen MR) is 193 cm³/mol. The zero-order valence-electron chi connectivity index (χ0n) is 27.9. The van der Waals surface area contributed by atoms with Gasteiger partial charge in [-0.15, -0.1) is 0 Å². The SMILES string of the molecule is CN1CCN(CCCNc2ccc(Nc3nccc(-c4c(-c5cccc(NC(=O)c6c(F)cccc6F)c5)nn5ccccc45)n3)cc2F)CC1. The Morgan fingerprint density at radius 1 is 0.843 bits per heavy atom. The number of aromatic nitrogens is 4. The molecule has 1 aliphatic heterocycles. The van der Waals surface area contributed by atoms with Gasteiger partial charge in [-0.1, -0.05) is 24.3 Å². The number of piperazine rings is 1. The Labute approximate surface area is 293 Å². The molecule has 6 aromatic rings. The van der Waals surface area contributed by atoms with Crippen molar-refractivity contribution >= 4 is 34.4 Å². The van der Waals surface area contributed by atoms with E-state index in [1.54, 1.807) is 53.3 Å². The van der Waals surface area contributed by atoms with Crippen molar-refractivity contribution in [2.45, 2.75) is 6.42 Å². The van der Waals surface area contributed by atoms with E-state index in [1.165, 1.54) is 12.1 Å². The number of carbonyl (C=O) groups excluding carboxylic acids is 1. The molecule has 3 aromatic carbocycles. The van der Waals surface area contributed by atoms with E-state index in [4.69, 9.17) is 10.1 Å². The number of fused-ring (bicyclic) bond motifs is 1. The van der Waals surface area contributed by atoms with Crippen LogP contribution < -0.4 is 16.0 Å². The number of carbonyl (C=O) groups is 1. The van der Waals surface area contributed by atoms with Crippen molar-refractivity contribution < 1.29 is 18.0 Å². The quantitative estimate of drug-likeness (QED) is 0.126. The lowest BCUT2D eigenvalue weighted by molar-refractivity contribution is 0.101. The molecule has 0 aliphatic carbocycles. The van der Waals surface area contributed by atoms with Crippen LogP contribution in [0.4, 0.5) is 36.2 Å². The van der Waals surface area contributed by atoms with E-state index in [1.807, 2.05) is 24.3 Å². The fraction of sp³-hybridized carbons (Fsp3) is 0.211. The molecule has 1 aliphatic rings. The van der Waals surface area contributed by atoms with Crippen LogP contribution in [0.15, 0.2) is 97.3 Å². The first-order chi connectivity index (χ1) is 24.8. The summed E-state index contributed by atoms with van der Waals surface area (Å²) in [6.07, 6.45) is 4.33. The van der Waals surface area contributed by atoms with Gasteiger partial charge in [0.05, 0.1) is 22.5 Å². The number of hydrogen-bond acceptors (Lipinski definition) is 8. The summed E-state index contributed by atoms with van der Waals surface area (Å²) in [6.45, 7) is 5.90. The van der Waals surface area contributed by atoms with Crippen molar-refractivity contribution in [1.82, 2.24) is 29.4 Å². The van der Waals surface area contributed by atoms with Gasteiger partial charge in [-0.05, 0) is 80.7 Å². The topological polar surface area (TPSA) is 103 Å². The Bertz CT molecular complexity index is 2160. The average molecular weight is 692 g/mol. The molecule has 7 rings (SSSR count). The van der Waals surface area contributed by atoms with E-state index in [9.17, 15) is 13.6 Å². The lowest BCUT2D eigenvalue weighted by atomic mass is 10.0. The fourth-order valence-corrected chi connectivity index (χ4v) is 6.13. The first kappa shape index (κ1) is 33.7. The molecule has 0 bridgehead atoms. The van der Waals surface area contributed by atoms with Crippen LogP contribution in [0.2, 0.25) is 0 Å². The fourth-order valence-electron chi connectivity index (χ4n) is 6.13. The first-order valence-corrected chi connectivity index (χ1v) is 16.7. The highest BCUT2D eigenvalue weighted by molar-refractivity contribution is 6.05. The number of nitrogens with one attached hydrogen (secondary N) is 3. The molecule has 1 fully saturated rings. The molecule has 0 spiro atoms. The monoisotopic (exact) mass is 691 g/mol. The number of amides is 1. The molecule has 3 aromatic heterocycles. The van der Waals surface area contributed by atoms with Crippen molar-refractivity contribution in [2.24, 2.45) is 0 Å². The van der Waals surface area contributed by atoms with E-state index >= 15 is 4.39 Å². The Hall–Kier alpha value is -5.79. The maximum Gasteiger partial charge on any atom is 0.261 e. The molecule has 51 heavy (non-hydrogen) atoms. The average Bonchev–Trinajstić information content (AvgIpc) is 3.52. The third kappa shape index (κ3) is 7.69. The zero-order chi connectivity index (χ0) is 35.3. The van der Waals surface area contributed by atoms with Gasteiger partial charge >= 0.3 is 0 Å². The van der Waals surface area contributed by atoms with E-state index in [-0.39, 0.29) is 11.8 Å². The molecule has 0 radical (unpaired) electrons. The van der Waals surface area contributed by atoms with Gasteiger partial charge < -0.3 is 25.8 Å². The summed E-state index contributed by atoms with van der Waals surface area (Å²) in [6, 6.07) is 22.4. The second-order valence-electron chi connectivity index (χ2n) is 12.4. The summed E-state index contributed by atoms with van der Waals surface area (Å²) in [5.41, 5.74) is 3.75. The summed E-state index contributed by atoms with van der Waals surface area (Å²) in [5, 5.41) is 13.7. The maximum absolute atomic E-state index is 15.1. The number of benzene rings is 3. The molecule has 1 saturated heterocycles. The van der Waals surface area contributed by atoms with Crippen LogP contribution in [0.3, 0.4) is 0 Å². The van der Waals surface area contributed by atoms with E-state index in [0.29, 0.717) is 46.1 Å². The number of pyridine rings is 1. The first-order valence-electron chi connectivity index (χ1n) is 16.7. The Kier molecular flexibility index (Phi) is 9.90. The van der Waals surface area contributed by atoms with Crippen LogP contribution in [0, 0.1) is 17.5 Å². The molecular formula is C38H36F3N9O. The zero-order valence-corrected chi connectivity index (χ0v) is 27.9. The molecule has 10 nitrogen and oxygen atoms in total. The van der Waals surface area contributed by atoms with Crippen molar-refractivity contribution in [3.05, 3.63) is 120 Å². The number of hydrogen-bond donors (Lipinski definition) is 3. The van der Waals surface area contributed by atoms with Crippen LogP contribution in [-0.4, -0.2) is 81.6 Å². The minimum atomic E-state index is -0.956. The Morgan fingerprint density at radius 2 is 1.65 bits per heavy atom. The highest BCUT2D eigenvalue weighted by Crippen LogP contribution is 2.35. The molecule has 13 heteroatoms. The summed E-state index contributed by atoms with van der Waals surface area (Å²) in [4.78, 5) is 26.7. The van der Waals surface area contributed by atoms with Gasteiger partial charge in [0.25, 0.3) is 5.91 Å². The van der Waals surface area contributed by atoms with Crippen molar-refractivity contribution in [2.75, 3.05) is 62.3 Å². The lowest BCUT2D eigenvalue weighted by Gasteiger charge is -2.32. The standard InChI is InChI=1S/C38H36F3N9O/c1-48-19-21-49(22-20-48)17-6-15-42-31-13-12-27(24-30(31)41)45-38-43-16-14-32(46-38)35-33-11-2-3-18-50(33)47-36(35)25-7-4-8-26(23-25)44-37(51)34-28(39)9-5-10-29(34)40/h2-5,7-14,16,18,23-24,42H,6,15,17,19-22H2,1H3,(H,44,51)(H,43,45,46). The van der Waals surface area contributed by atoms with E-state index < -0.39 is 23.1 Å². The number of rotatable bonds is 11. The number of nitrogens with zero attached hydrogens (tertiary/aromatic N) is 6. The van der Waals surface area contributed by atoms with Crippen molar-refractivity contribution in [1.29, 1.82) is 0 Å². The largest absolute Gasteiger partial charge is 0.383 e. The second kappa shape index (κ2) is 15.0. The van der Waals surface area contributed by atoms with Crippen LogP contribution in [-0.2, 0) is 0 Å². The molecular weight excluding hydrogens is 655 g/mol. The van der Waals surface area contributed by atoms with Gasteiger partial charge in [-0.2, -0.15) is 5.10 Å². The number of likely N-dealkylation sites (N-methyl/N-ethyl adjacent to an activating group) is 1. The maximum atomic E-state index is 15.1. The van der Waals surface area contributed by atoms with Gasteiger partial charge in [0.1, 0.15) is 28.7 Å². The Morgan fingerprint density at radius 3 is 2.45 bits per heavy atom. The van der Waals surface area contributed by atoms with Crippen molar-refractivity contribution in [3.8, 4) is 22.5 Å². The van der Waals surface area contributed by atoms with Gasteiger partial charge in [-0.3, -0.25) is 4.79 Å². The molecule has 1 amide bonds. The predicted octanol–water partition coefficient (Wildman–Crippen LogP) is 6.92. The van der Waals surface area contributed by atoms with Gasteiger partial charge in [-0.25, -0.2) is 27.7 Å². The summed E-state index contributed by atoms with van der Waals surface area (Å²) < 4.78 is 45.4. The highest BCUT2D eigenvalue weighted by Gasteiger charge is 2.21. The van der Waals surface area contributed by atoms with E-state index in [0.717, 1.165) is 56.8 Å². The van der Waals surface area contributed by atoms with Crippen LogP contribution in [0.5, 0.6) is 0 Å². The smallest absolute Gasteiger partial charge is 0.261 e. The van der Waals surface area contributed by atoms with Gasteiger partial charge in [0, 0.05) is 62.1 Å². The highest BCUT2D eigenvalue weighted by atomic mass is 19.1. The minimum absolute atomic E-state index is 0.258. The normalized spacial score (nSPS) is 13.7. The van der Waals surface area contributed by atoms with Crippen molar-refractivity contribution in [3.63, 3.8) is 0 Å². The van der Waals surface area contributed by atoms with Crippen LogP contribution >= 0.6 is 0 Å². The van der Waals surface area contributed by atoms with Crippen LogP contribution in [0.25, 0.3) is 28.0 Å². The molecule has 0 atom stereocenters. The van der Waals surface area contributed by atoms with Gasteiger partial charge in [0.15, 0.2) is 0 Å². The number of anilines is 4. The van der Waals surface area contributed by atoms with E-state index in [2.05, 4.69) is 37.8 Å². The summed E-state index contributed by atoms with van der Waals surface area (Å²) in [5.74, 6) is -2.95. The summed E-state index contributed by atoms with van der Waals surface area (Å²) >= 11 is 0. The third-order valence-electron chi connectivity index (χ3n) is 8.82. The molecule has 0 unspecified atom stereocenters. The molecule has 3 N–H and O–H groups in total. The number of halogens is 3. The molecule has 4 heterocycles. The second-order valence-corrected chi connectivity index (χ2v) is 12.4. The molecule has 260 valence electrons. The summed E-state index contributed by atoms with van der Waals surface area (Å²) in [7, 11) is 2.14. The van der Waals surface area contributed by atoms with Crippen LogP contribution in [0.1, 0.15) is 16.8 Å². The lowest BCUT2D eigenvalue weighted by Crippen LogP contribution is -2.44. The molecule has 0 saturated carbocycles. The van der Waals surface area contributed by atoms with Gasteiger partial charge in [0.2, 0.25) is 5.95 Å². The Balaban J connectivity index is 1.09.